The van der Waals surface area contributed by atoms with Crippen LogP contribution in [-0.4, -0.2) is 6.29 Å². The van der Waals surface area contributed by atoms with E-state index in [1.165, 1.54) is 5.57 Å². The molecular formula is C9H16O. The number of aldehydes is 1. The maximum atomic E-state index is 10.2. The van der Waals surface area contributed by atoms with E-state index < -0.39 is 0 Å². The highest BCUT2D eigenvalue weighted by Gasteiger charge is 1.99. The average molecular weight is 140 g/mol. The fourth-order valence-corrected chi connectivity index (χ4v) is 0.677. The van der Waals surface area contributed by atoms with Gasteiger partial charge in [-0.25, -0.2) is 0 Å². The lowest BCUT2D eigenvalue weighted by molar-refractivity contribution is -0.110. The molecule has 0 aliphatic rings. The Labute approximate surface area is 63.1 Å². The highest BCUT2D eigenvalue weighted by atomic mass is 16.1. The van der Waals surface area contributed by atoms with E-state index in [4.69, 9.17) is 0 Å². The van der Waals surface area contributed by atoms with E-state index in [-0.39, 0.29) is 5.92 Å². The van der Waals surface area contributed by atoms with E-state index in [1.54, 1.807) is 0 Å². The van der Waals surface area contributed by atoms with Gasteiger partial charge in [-0.05, 0) is 19.3 Å². The van der Waals surface area contributed by atoms with Gasteiger partial charge in [0.2, 0.25) is 0 Å². The summed E-state index contributed by atoms with van der Waals surface area (Å²) in [5.74, 6) is 0.198. The van der Waals surface area contributed by atoms with Crippen LogP contribution in [0.2, 0.25) is 0 Å². The van der Waals surface area contributed by atoms with Crippen molar-refractivity contribution in [1.82, 2.24) is 0 Å². The van der Waals surface area contributed by atoms with Crippen LogP contribution in [0.5, 0.6) is 0 Å². The molecule has 0 spiro atoms. The summed E-state index contributed by atoms with van der Waals surface area (Å²) in [6.45, 7) is 7.90. The van der Waals surface area contributed by atoms with E-state index in [1.807, 2.05) is 6.92 Å². The molecule has 1 atom stereocenters. The summed E-state index contributed by atoms with van der Waals surface area (Å²) in [7, 11) is 0. The molecule has 0 heterocycles. The Morgan fingerprint density at radius 3 is 2.70 bits per heavy atom. The first kappa shape index (κ1) is 9.41. The second-order valence-corrected chi connectivity index (χ2v) is 2.76. The Hall–Kier alpha value is -0.590. The van der Waals surface area contributed by atoms with Crippen LogP contribution in [0.1, 0.15) is 33.1 Å². The minimum atomic E-state index is 0.198. The number of rotatable bonds is 5. The van der Waals surface area contributed by atoms with E-state index in [0.717, 1.165) is 25.5 Å². The Bertz CT molecular complexity index is 116. The fraction of sp³-hybridized carbons (Fsp3) is 0.667. The van der Waals surface area contributed by atoms with Gasteiger partial charge in [0.1, 0.15) is 6.29 Å². The molecule has 0 aliphatic heterocycles. The molecule has 1 unspecified atom stereocenters. The van der Waals surface area contributed by atoms with Gasteiger partial charge in [0.05, 0.1) is 0 Å². The van der Waals surface area contributed by atoms with Crippen LogP contribution in [0, 0.1) is 5.92 Å². The molecule has 0 aromatic heterocycles. The smallest absolute Gasteiger partial charge is 0.122 e. The SMILES string of the molecule is C=C(CC)CCC(C)C=O. The van der Waals surface area contributed by atoms with Gasteiger partial charge < -0.3 is 4.79 Å². The standard InChI is InChI=1S/C9H16O/c1-4-8(2)5-6-9(3)7-10/h7,9H,2,4-6H2,1,3H3. The van der Waals surface area contributed by atoms with Gasteiger partial charge in [-0.15, -0.1) is 0 Å². The maximum Gasteiger partial charge on any atom is 0.122 e. The molecule has 1 nitrogen and oxygen atoms in total. The fourth-order valence-electron chi connectivity index (χ4n) is 0.677. The highest BCUT2D eigenvalue weighted by Crippen LogP contribution is 2.10. The average Bonchev–Trinajstić information content (AvgIpc) is 1.99. The van der Waals surface area contributed by atoms with Crippen molar-refractivity contribution in [3.05, 3.63) is 12.2 Å². The van der Waals surface area contributed by atoms with Gasteiger partial charge in [0.25, 0.3) is 0 Å². The van der Waals surface area contributed by atoms with Crippen molar-refractivity contribution in [2.75, 3.05) is 0 Å². The van der Waals surface area contributed by atoms with Crippen LogP contribution in [0.4, 0.5) is 0 Å². The lowest BCUT2D eigenvalue weighted by Gasteiger charge is -2.03. The third-order valence-corrected chi connectivity index (χ3v) is 1.69. The largest absolute Gasteiger partial charge is 0.303 e. The van der Waals surface area contributed by atoms with E-state index in [2.05, 4.69) is 13.5 Å². The summed E-state index contributed by atoms with van der Waals surface area (Å²) >= 11 is 0. The Morgan fingerprint density at radius 1 is 1.70 bits per heavy atom. The molecular weight excluding hydrogens is 124 g/mol. The topological polar surface area (TPSA) is 17.1 Å². The molecule has 0 aromatic carbocycles. The first-order valence-electron chi connectivity index (χ1n) is 3.82. The molecule has 1 heteroatoms. The van der Waals surface area contributed by atoms with Gasteiger partial charge in [-0.3, -0.25) is 0 Å². The van der Waals surface area contributed by atoms with Crippen molar-refractivity contribution in [3.8, 4) is 0 Å². The van der Waals surface area contributed by atoms with Crippen molar-refractivity contribution < 1.29 is 4.79 Å². The molecule has 0 fully saturated rings. The minimum absolute atomic E-state index is 0.198. The zero-order valence-corrected chi connectivity index (χ0v) is 6.89. The van der Waals surface area contributed by atoms with Crippen LogP contribution in [0.15, 0.2) is 12.2 Å². The minimum Gasteiger partial charge on any atom is -0.303 e. The van der Waals surface area contributed by atoms with Crippen LogP contribution in [0.3, 0.4) is 0 Å². The number of allylic oxidation sites excluding steroid dienone is 1. The van der Waals surface area contributed by atoms with Crippen molar-refractivity contribution in [2.24, 2.45) is 5.92 Å². The predicted octanol–water partition coefficient (Wildman–Crippen LogP) is 2.57. The molecule has 0 aromatic rings. The number of carbonyl (C=O) groups is 1. The summed E-state index contributed by atoms with van der Waals surface area (Å²) in [6, 6.07) is 0. The summed E-state index contributed by atoms with van der Waals surface area (Å²) in [5.41, 5.74) is 1.24. The summed E-state index contributed by atoms with van der Waals surface area (Å²) < 4.78 is 0. The van der Waals surface area contributed by atoms with Crippen LogP contribution in [0.25, 0.3) is 0 Å². The van der Waals surface area contributed by atoms with Crippen LogP contribution >= 0.6 is 0 Å². The van der Waals surface area contributed by atoms with E-state index in [9.17, 15) is 4.79 Å². The molecule has 0 bridgehead atoms. The number of hydrogen-bond donors (Lipinski definition) is 0. The summed E-state index contributed by atoms with van der Waals surface area (Å²) in [5, 5.41) is 0. The van der Waals surface area contributed by atoms with Crippen molar-refractivity contribution >= 4 is 6.29 Å². The van der Waals surface area contributed by atoms with Gasteiger partial charge >= 0.3 is 0 Å². The lowest BCUT2D eigenvalue weighted by atomic mass is 10.0. The molecule has 0 radical (unpaired) electrons. The maximum absolute atomic E-state index is 10.2. The lowest BCUT2D eigenvalue weighted by Crippen LogP contribution is -1.95. The molecule has 10 heavy (non-hydrogen) atoms. The normalized spacial score (nSPS) is 12.6. The van der Waals surface area contributed by atoms with Crippen LogP contribution < -0.4 is 0 Å². The van der Waals surface area contributed by atoms with Crippen molar-refractivity contribution in [2.45, 2.75) is 33.1 Å². The van der Waals surface area contributed by atoms with Crippen LogP contribution in [-0.2, 0) is 4.79 Å². The Morgan fingerprint density at radius 2 is 2.30 bits per heavy atom. The second kappa shape index (κ2) is 5.21. The van der Waals surface area contributed by atoms with Crippen molar-refractivity contribution in [3.63, 3.8) is 0 Å². The first-order valence-corrected chi connectivity index (χ1v) is 3.82. The van der Waals surface area contributed by atoms with Crippen molar-refractivity contribution in [1.29, 1.82) is 0 Å². The number of carbonyl (C=O) groups excluding carboxylic acids is 1. The zero-order chi connectivity index (χ0) is 7.98. The summed E-state index contributed by atoms with van der Waals surface area (Å²) in [6.07, 6.45) is 3.99. The van der Waals surface area contributed by atoms with Gasteiger partial charge in [0, 0.05) is 5.92 Å². The molecule has 0 amide bonds. The molecule has 0 aliphatic carbocycles. The molecule has 0 N–H and O–H groups in total. The Balaban J connectivity index is 3.34. The van der Waals surface area contributed by atoms with E-state index >= 15 is 0 Å². The molecule has 0 saturated carbocycles. The Kier molecular flexibility index (Phi) is 4.91. The first-order chi connectivity index (χ1) is 4.70. The molecule has 0 saturated heterocycles. The third-order valence-electron chi connectivity index (χ3n) is 1.69. The van der Waals surface area contributed by atoms with Gasteiger partial charge in [-0.2, -0.15) is 0 Å². The number of hydrogen-bond acceptors (Lipinski definition) is 1. The summed E-state index contributed by atoms with van der Waals surface area (Å²) in [4.78, 5) is 10.2. The van der Waals surface area contributed by atoms with E-state index in [0.29, 0.717) is 0 Å². The zero-order valence-electron chi connectivity index (χ0n) is 6.89. The predicted molar refractivity (Wildman–Crippen MR) is 43.9 cm³/mol. The van der Waals surface area contributed by atoms with Gasteiger partial charge in [0.15, 0.2) is 0 Å². The molecule has 0 rings (SSSR count). The monoisotopic (exact) mass is 140 g/mol. The molecule has 58 valence electrons. The highest BCUT2D eigenvalue weighted by molar-refractivity contribution is 5.52. The second-order valence-electron chi connectivity index (χ2n) is 2.76. The third kappa shape index (κ3) is 4.30. The van der Waals surface area contributed by atoms with Gasteiger partial charge in [-0.1, -0.05) is 26.0 Å². The quantitative estimate of drug-likeness (QED) is 0.423.